The van der Waals surface area contributed by atoms with Crippen molar-refractivity contribution in [3.63, 3.8) is 0 Å². The van der Waals surface area contributed by atoms with Gasteiger partial charge in [0.05, 0.1) is 5.25 Å². The molecule has 4 N–H and O–H groups in total. The van der Waals surface area contributed by atoms with Gasteiger partial charge in [-0.15, -0.1) is 0 Å². The zero-order valence-corrected chi connectivity index (χ0v) is 15.3. The van der Waals surface area contributed by atoms with E-state index in [1.807, 2.05) is 20.8 Å². The number of thioether (sulfide) groups is 1. The second-order valence-electron chi connectivity index (χ2n) is 6.74. The number of hydrogen-bond donors (Lipinski definition) is 2. The molecule has 0 saturated carbocycles. The van der Waals surface area contributed by atoms with Crippen LogP contribution in [0.1, 0.15) is 40.0 Å². The molecule has 22 heavy (non-hydrogen) atoms. The molecule has 1 fully saturated rings. The SMILES string of the molecule is CCC(N)C(=O)OC(C)(C)[C@@H](CN1CCC(CN)CC1)SC. The molecule has 0 bridgehead atoms. The first-order chi connectivity index (χ1) is 10.3. The molecule has 0 aliphatic carbocycles. The predicted molar refractivity (Wildman–Crippen MR) is 94.0 cm³/mol. The smallest absolute Gasteiger partial charge is 0.323 e. The van der Waals surface area contributed by atoms with E-state index in [1.165, 1.54) is 12.8 Å². The van der Waals surface area contributed by atoms with Gasteiger partial charge in [0.1, 0.15) is 11.6 Å². The van der Waals surface area contributed by atoms with Gasteiger partial charge in [0.25, 0.3) is 0 Å². The van der Waals surface area contributed by atoms with Crippen LogP contribution in [0.25, 0.3) is 0 Å². The van der Waals surface area contributed by atoms with E-state index >= 15 is 0 Å². The fourth-order valence-corrected chi connectivity index (χ4v) is 3.76. The molecule has 0 aromatic rings. The van der Waals surface area contributed by atoms with Gasteiger partial charge in [-0.2, -0.15) is 11.8 Å². The Kier molecular flexibility index (Phi) is 8.17. The van der Waals surface area contributed by atoms with Crippen LogP contribution < -0.4 is 11.5 Å². The van der Waals surface area contributed by atoms with Crippen molar-refractivity contribution in [1.29, 1.82) is 0 Å². The Labute approximate surface area is 139 Å². The van der Waals surface area contributed by atoms with Gasteiger partial charge in [0, 0.05) is 6.54 Å². The van der Waals surface area contributed by atoms with Gasteiger partial charge in [0.15, 0.2) is 0 Å². The number of piperidine rings is 1. The standard InChI is InChI=1S/C16H33N3O2S/c1-5-13(18)15(20)21-16(2,3)14(22-4)11-19-8-6-12(10-17)7-9-19/h12-14H,5-11,17-18H2,1-4H3/t13?,14-/m1/s1. The number of ether oxygens (including phenoxy) is 1. The maximum Gasteiger partial charge on any atom is 0.323 e. The van der Waals surface area contributed by atoms with Gasteiger partial charge in [-0.3, -0.25) is 4.79 Å². The number of rotatable bonds is 8. The quantitative estimate of drug-likeness (QED) is 0.655. The van der Waals surface area contributed by atoms with Crippen molar-refractivity contribution in [3.8, 4) is 0 Å². The second kappa shape index (κ2) is 9.11. The van der Waals surface area contributed by atoms with Crippen molar-refractivity contribution in [2.24, 2.45) is 17.4 Å². The molecule has 1 rings (SSSR count). The molecule has 0 spiro atoms. The number of carbonyl (C=O) groups is 1. The predicted octanol–water partition coefficient (Wildman–Crippen LogP) is 1.45. The van der Waals surface area contributed by atoms with E-state index in [2.05, 4.69) is 11.2 Å². The average Bonchev–Trinajstić information content (AvgIpc) is 2.51. The fraction of sp³-hybridized carbons (Fsp3) is 0.938. The Morgan fingerprint density at radius 2 is 2.00 bits per heavy atom. The van der Waals surface area contributed by atoms with Crippen LogP contribution in [0.2, 0.25) is 0 Å². The minimum absolute atomic E-state index is 0.231. The molecule has 1 unspecified atom stereocenters. The third-order valence-electron chi connectivity index (χ3n) is 4.63. The third kappa shape index (κ3) is 5.72. The molecular weight excluding hydrogens is 298 g/mol. The largest absolute Gasteiger partial charge is 0.457 e. The molecule has 6 heteroatoms. The van der Waals surface area contributed by atoms with Crippen LogP contribution in [-0.2, 0) is 9.53 Å². The van der Waals surface area contributed by atoms with Gasteiger partial charge < -0.3 is 21.1 Å². The molecule has 0 aromatic carbocycles. The number of likely N-dealkylation sites (tertiary alicyclic amines) is 1. The third-order valence-corrected chi connectivity index (χ3v) is 5.92. The summed E-state index contributed by atoms with van der Waals surface area (Å²) in [6.45, 7) is 9.75. The van der Waals surface area contributed by atoms with E-state index in [1.54, 1.807) is 11.8 Å². The molecule has 0 amide bonds. The number of carbonyl (C=O) groups excluding carboxylic acids is 1. The first kappa shape index (κ1) is 19.7. The molecular formula is C16H33N3O2S. The first-order valence-corrected chi connectivity index (χ1v) is 9.56. The number of esters is 1. The monoisotopic (exact) mass is 331 g/mol. The highest BCUT2D eigenvalue weighted by atomic mass is 32.2. The molecule has 1 aliphatic heterocycles. The topological polar surface area (TPSA) is 81.6 Å². The normalized spacial score (nSPS) is 20.6. The maximum atomic E-state index is 12.0. The lowest BCUT2D eigenvalue weighted by Crippen LogP contribution is -2.49. The van der Waals surface area contributed by atoms with Gasteiger partial charge in [-0.1, -0.05) is 6.92 Å². The van der Waals surface area contributed by atoms with Crippen molar-refractivity contribution in [1.82, 2.24) is 4.90 Å². The van der Waals surface area contributed by atoms with Crippen LogP contribution in [0.4, 0.5) is 0 Å². The number of nitrogens with two attached hydrogens (primary N) is 2. The Morgan fingerprint density at radius 3 is 2.45 bits per heavy atom. The lowest BCUT2D eigenvalue weighted by Gasteiger charge is -2.39. The van der Waals surface area contributed by atoms with E-state index in [0.29, 0.717) is 12.3 Å². The van der Waals surface area contributed by atoms with E-state index in [4.69, 9.17) is 16.2 Å². The first-order valence-electron chi connectivity index (χ1n) is 8.27. The summed E-state index contributed by atoms with van der Waals surface area (Å²) >= 11 is 1.75. The van der Waals surface area contributed by atoms with Crippen LogP contribution in [-0.4, -0.2) is 60.2 Å². The van der Waals surface area contributed by atoms with Gasteiger partial charge >= 0.3 is 5.97 Å². The Balaban J connectivity index is 2.56. The average molecular weight is 332 g/mol. The summed E-state index contributed by atoms with van der Waals surface area (Å²) in [7, 11) is 0. The van der Waals surface area contributed by atoms with Gasteiger partial charge in [0.2, 0.25) is 0 Å². The summed E-state index contributed by atoms with van der Waals surface area (Å²) in [5.41, 5.74) is 11.0. The lowest BCUT2D eigenvalue weighted by atomic mass is 9.96. The Morgan fingerprint density at radius 1 is 1.41 bits per heavy atom. The van der Waals surface area contributed by atoms with Crippen molar-refractivity contribution < 1.29 is 9.53 Å². The van der Waals surface area contributed by atoms with E-state index in [9.17, 15) is 4.79 Å². The van der Waals surface area contributed by atoms with Crippen LogP contribution in [0.3, 0.4) is 0 Å². The van der Waals surface area contributed by atoms with Crippen LogP contribution in [0.5, 0.6) is 0 Å². The molecule has 130 valence electrons. The molecule has 1 saturated heterocycles. The highest BCUT2D eigenvalue weighted by Crippen LogP contribution is 2.28. The van der Waals surface area contributed by atoms with Crippen LogP contribution in [0.15, 0.2) is 0 Å². The minimum Gasteiger partial charge on any atom is -0.457 e. The van der Waals surface area contributed by atoms with Crippen molar-refractivity contribution >= 4 is 17.7 Å². The number of nitrogens with zero attached hydrogens (tertiary/aromatic N) is 1. The van der Waals surface area contributed by atoms with Crippen LogP contribution >= 0.6 is 11.8 Å². The van der Waals surface area contributed by atoms with E-state index in [0.717, 1.165) is 26.2 Å². The molecule has 0 radical (unpaired) electrons. The molecule has 2 atom stereocenters. The summed E-state index contributed by atoms with van der Waals surface area (Å²) in [5, 5.41) is 0.231. The lowest BCUT2D eigenvalue weighted by molar-refractivity contribution is -0.158. The van der Waals surface area contributed by atoms with Crippen molar-refractivity contribution in [2.75, 3.05) is 32.4 Å². The van der Waals surface area contributed by atoms with Crippen molar-refractivity contribution in [3.05, 3.63) is 0 Å². The summed E-state index contributed by atoms with van der Waals surface area (Å²) in [5.74, 6) is 0.366. The van der Waals surface area contributed by atoms with Gasteiger partial charge in [-0.05, 0) is 64.9 Å². The zero-order valence-electron chi connectivity index (χ0n) is 14.5. The second-order valence-corrected chi connectivity index (χ2v) is 7.78. The molecule has 1 heterocycles. The zero-order chi connectivity index (χ0) is 16.8. The van der Waals surface area contributed by atoms with Gasteiger partial charge in [-0.25, -0.2) is 0 Å². The maximum absolute atomic E-state index is 12.0. The molecule has 5 nitrogen and oxygen atoms in total. The molecule has 0 aromatic heterocycles. The summed E-state index contributed by atoms with van der Waals surface area (Å²) < 4.78 is 5.70. The fourth-order valence-electron chi connectivity index (χ4n) is 2.78. The van der Waals surface area contributed by atoms with E-state index < -0.39 is 11.6 Å². The Bertz CT molecular complexity index is 344. The minimum atomic E-state index is -0.526. The van der Waals surface area contributed by atoms with E-state index in [-0.39, 0.29) is 11.2 Å². The molecule has 1 aliphatic rings. The Hall–Kier alpha value is -0.300. The van der Waals surface area contributed by atoms with Crippen molar-refractivity contribution in [2.45, 2.75) is 56.9 Å². The highest BCUT2D eigenvalue weighted by Gasteiger charge is 2.35. The summed E-state index contributed by atoms with van der Waals surface area (Å²) in [4.78, 5) is 14.5. The summed E-state index contributed by atoms with van der Waals surface area (Å²) in [6.07, 6.45) is 5.01. The summed E-state index contributed by atoms with van der Waals surface area (Å²) in [6, 6.07) is -0.526. The number of hydrogen-bond acceptors (Lipinski definition) is 6. The highest BCUT2D eigenvalue weighted by molar-refractivity contribution is 7.99. The van der Waals surface area contributed by atoms with Crippen LogP contribution in [0, 0.1) is 5.92 Å².